The van der Waals surface area contributed by atoms with E-state index >= 15 is 0 Å². The minimum Gasteiger partial charge on any atom is -0.353 e. The van der Waals surface area contributed by atoms with E-state index in [0.717, 1.165) is 0 Å². The van der Waals surface area contributed by atoms with Crippen molar-refractivity contribution in [1.29, 1.82) is 0 Å². The lowest BCUT2D eigenvalue weighted by Gasteiger charge is -2.07. The Bertz CT molecular complexity index is 540. The maximum absolute atomic E-state index is 13.6. The van der Waals surface area contributed by atoms with Crippen molar-refractivity contribution in [3.05, 3.63) is 58.6 Å². The summed E-state index contributed by atoms with van der Waals surface area (Å²) in [7, 11) is 0. The van der Waals surface area contributed by atoms with Crippen LogP contribution in [0.25, 0.3) is 0 Å². The van der Waals surface area contributed by atoms with Gasteiger partial charge >= 0.3 is 0 Å². The number of nitrogens with zero attached hydrogens (tertiary/aromatic N) is 1. The molecular weight excluding hydrogens is 299 g/mol. The van der Waals surface area contributed by atoms with Crippen LogP contribution in [0.1, 0.15) is 10.4 Å². The van der Waals surface area contributed by atoms with Crippen molar-refractivity contribution in [2.45, 2.75) is 6.54 Å². The van der Waals surface area contributed by atoms with Crippen molar-refractivity contribution >= 4 is 21.8 Å². The van der Waals surface area contributed by atoms with E-state index in [1.54, 1.807) is 12.1 Å². The summed E-state index contributed by atoms with van der Waals surface area (Å²) in [4.78, 5) is 11.8. The number of benzene rings is 1. The zero-order valence-corrected chi connectivity index (χ0v) is 11.2. The standard InChI is InChI=1S/C13H12BrFN2O/c14-11-5-3-4-10(12(11)15)13(18)16-6-9-17-7-1-2-8-17/h1-5,7-8H,6,9H2,(H,16,18). The Morgan fingerprint density at radius 1 is 1.28 bits per heavy atom. The molecule has 2 rings (SSSR count). The van der Waals surface area contributed by atoms with Crippen LogP contribution in [0.2, 0.25) is 0 Å². The summed E-state index contributed by atoms with van der Waals surface area (Å²) in [5.41, 5.74) is 0.0527. The molecule has 1 aromatic carbocycles. The first-order valence-electron chi connectivity index (χ1n) is 5.51. The van der Waals surface area contributed by atoms with Gasteiger partial charge in [-0.2, -0.15) is 0 Å². The second-order valence-corrected chi connectivity index (χ2v) is 4.63. The van der Waals surface area contributed by atoms with E-state index in [4.69, 9.17) is 0 Å². The molecule has 0 aliphatic heterocycles. The van der Waals surface area contributed by atoms with Crippen molar-refractivity contribution in [2.75, 3.05) is 6.54 Å². The summed E-state index contributed by atoms with van der Waals surface area (Å²) in [5.74, 6) is -0.933. The van der Waals surface area contributed by atoms with E-state index in [2.05, 4.69) is 21.2 Å². The van der Waals surface area contributed by atoms with E-state index < -0.39 is 11.7 Å². The SMILES string of the molecule is O=C(NCCn1cccc1)c1cccc(Br)c1F. The molecule has 1 heterocycles. The number of halogens is 2. The van der Waals surface area contributed by atoms with Crippen molar-refractivity contribution in [3.63, 3.8) is 0 Å². The summed E-state index contributed by atoms with van der Waals surface area (Å²) in [6, 6.07) is 8.48. The molecule has 0 fully saturated rings. The van der Waals surface area contributed by atoms with Crippen molar-refractivity contribution < 1.29 is 9.18 Å². The first-order chi connectivity index (χ1) is 8.68. The smallest absolute Gasteiger partial charge is 0.254 e. The van der Waals surface area contributed by atoms with Gasteiger partial charge in [0.05, 0.1) is 10.0 Å². The normalized spacial score (nSPS) is 10.3. The quantitative estimate of drug-likeness (QED) is 0.925. The fourth-order valence-electron chi connectivity index (χ4n) is 1.59. The van der Waals surface area contributed by atoms with Crippen LogP contribution in [-0.4, -0.2) is 17.0 Å². The van der Waals surface area contributed by atoms with Gasteiger partial charge in [-0.15, -0.1) is 0 Å². The van der Waals surface area contributed by atoms with Crippen LogP contribution in [0.5, 0.6) is 0 Å². The van der Waals surface area contributed by atoms with Gasteiger partial charge in [-0.25, -0.2) is 4.39 Å². The van der Waals surface area contributed by atoms with Crippen LogP contribution in [0.15, 0.2) is 47.2 Å². The molecule has 0 saturated heterocycles. The first-order valence-corrected chi connectivity index (χ1v) is 6.31. The largest absolute Gasteiger partial charge is 0.353 e. The highest BCUT2D eigenvalue weighted by Gasteiger charge is 2.12. The third kappa shape index (κ3) is 2.98. The van der Waals surface area contributed by atoms with Crippen LogP contribution in [-0.2, 0) is 6.54 Å². The Balaban J connectivity index is 1.93. The highest BCUT2D eigenvalue weighted by atomic mass is 79.9. The fraction of sp³-hybridized carbons (Fsp3) is 0.154. The van der Waals surface area contributed by atoms with Crippen molar-refractivity contribution in [2.24, 2.45) is 0 Å². The molecule has 3 nitrogen and oxygen atoms in total. The predicted octanol–water partition coefficient (Wildman–Crippen LogP) is 2.82. The molecular formula is C13H12BrFN2O. The topological polar surface area (TPSA) is 34.0 Å². The van der Waals surface area contributed by atoms with Crippen LogP contribution in [0, 0.1) is 5.82 Å². The number of hydrogen-bond acceptors (Lipinski definition) is 1. The molecule has 0 radical (unpaired) electrons. The highest BCUT2D eigenvalue weighted by Crippen LogP contribution is 2.18. The zero-order chi connectivity index (χ0) is 13.0. The second-order valence-electron chi connectivity index (χ2n) is 3.78. The summed E-state index contributed by atoms with van der Waals surface area (Å²) in [6.45, 7) is 1.12. The lowest BCUT2D eigenvalue weighted by Crippen LogP contribution is -2.27. The van der Waals surface area contributed by atoms with Gasteiger partial charge in [0.2, 0.25) is 0 Å². The number of carbonyl (C=O) groups excluding carboxylic acids is 1. The van der Waals surface area contributed by atoms with E-state index in [1.807, 2.05) is 29.1 Å². The van der Waals surface area contributed by atoms with Gasteiger partial charge in [0.25, 0.3) is 5.91 Å². The van der Waals surface area contributed by atoms with E-state index in [-0.39, 0.29) is 5.56 Å². The third-order valence-electron chi connectivity index (χ3n) is 2.52. The Hall–Kier alpha value is -1.62. The molecule has 1 N–H and O–H groups in total. The third-order valence-corrected chi connectivity index (χ3v) is 3.13. The Morgan fingerprint density at radius 3 is 2.72 bits per heavy atom. The molecule has 1 aromatic heterocycles. The van der Waals surface area contributed by atoms with Crippen LogP contribution in [0.3, 0.4) is 0 Å². The molecule has 0 saturated carbocycles. The molecule has 1 amide bonds. The lowest BCUT2D eigenvalue weighted by atomic mass is 10.2. The van der Waals surface area contributed by atoms with Gasteiger partial charge < -0.3 is 9.88 Å². The van der Waals surface area contributed by atoms with Gasteiger partial charge in [0.15, 0.2) is 0 Å². The Kier molecular flexibility index (Phi) is 4.15. The monoisotopic (exact) mass is 310 g/mol. The average Bonchev–Trinajstić information content (AvgIpc) is 2.85. The van der Waals surface area contributed by atoms with E-state index in [9.17, 15) is 9.18 Å². The van der Waals surface area contributed by atoms with Crippen LogP contribution >= 0.6 is 15.9 Å². The van der Waals surface area contributed by atoms with Gasteiger partial charge in [-0.05, 0) is 40.2 Å². The van der Waals surface area contributed by atoms with Gasteiger partial charge in [-0.1, -0.05) is 6.07 Å². The Morgan fingerprint density at radius 2 is 2.00 bits per heavy atom. The predicted molar refractivity (Wildman–Crippen MR) is 70.9 cm³/mol. The molecule has 0 atom stereocenters. The van der Waals surface area contributed by atoms with E-state index in [0.29, 0.717) is 17.6 Å². The molecule has 94 valence electrons. The van der Waals surface area contributed by atoms with Gasteiger partial charge in [0, 0.05) is 25.5 Å². The van der Waals surface area contributed by atoms with Gasteiger partial charge in [0.1, 0.15) is 5.82 Å². The number of amides is 1. The molecule has 0 spiro atoms. The first kappa shape index (κ1) is 12.8. The minimum absolute atomic E-state index is 0.0527. The number of hydrogen-bond donors (Lipinski definition) is 1. The van der Waals surface area contributed by atoms with Crippen LogP contribution < -0.4 is 5.32 Å². The van der Waals surface area contributed by atoms with Crippen LogP contribution in [0.4, 0.5) is 4.39 Å². The molecule has 0 aliphatic carbocycles. The maximum Gasteiger partial charge on any atom is 0.254 e. The lowest BCUT2D eigenvalue weighted by molar-refractivity contribution is 0.0948. The minimum atomic E-state index is -0.532. The number of carbonyl (C=O) groups is 1. The second kappa shape index (κ2) is 5.82. The highest BCUT2D eigenvalue weighted by molar-refractivity contribution is 9.10. The number of aromatic nitrogens is 1. The molecule has 5 heteroatoms. The molecule has 0 bridgehead atoms. The molecule has 2 aromatic rings. The maximum atomic E-state index is 13.6. The number of rotatable bonds is 4. The molecule has 0 aliphatic rings. The summed E-state index contributed by atoms with van der Waals surface area (Å²) in [6.07, 6.45) is 3.82. The van der Waals surface area contributed by atoms with Gasteiger partial charge in [-0.3, -0.25) is 4.79 Å². The average molecular weight is 311 g/mol. The fourth-order valence-corrected chi connectivity index (χ4v) is 1.96. The van der Waals surface area contributed by atoms with Crippen molar-refractivity contribution in [3.8, 4) is 0 Å². The zero-order valence-electron chi connectivity index (χ0n) is 9.57. The summed E-state index contributed by atoms with van der Waals surface area (Å²) < 4.78 is 15.9. The molecule has 18 heavy (non-hydrogen) atoms. The van der Waals surface area contributed by atoms with Crippen molar-refractivity contribution in [1.82, 2.24) is 9.88 Å². The summed E-state index contributed by atoms with van der Waals surface area (Å²) in [5, 5.41) is 2.68. The van der Waals surface area contributed by atoms with E-state index in [1.165, 1.54) is 6.07 Å². The Labute approximate surface area is 113 Å². The number of nitrogens with one attached hydrogen (secondary N) is 1. The summed E-state index contributed by atoms with van der Waals surface area (Å²) >= 11 is 3.05. The molecule has 0 unspecified atom stereocenters.